The lowest BCUT2D eigenvalue weighted by atomic mass is 9.93. The van der Waals surface area contributed by atoms with E-state index in [9.17, 15) is 9.59 Å². The summed E-state index contributed by atoms with van der Waals surface area (Å²) in [5.41, 5.74) is 2.68. The van der Waals surface area contributed by atoms with Crippen LogP contribution in [0.4, 0.5) is 0 Å². The molecule has 38 heavy (non-hydrogen) atoms. The van der Waals surface area contributed by atoms with Gasteiger partial charge in [-0.2, -0.15) is 5.26 Å². The molecule has 0 saturated heterocycles. The van der Waals surface area contributed by atoms with Gasteiger partial charge in [0, 0.05) is 11.1 Å². The topological polar surface area (TPSA) is 93.7 Å². The van der Waals surface area contributed by atoms with Crippen molar-refractivity contribution in [2.45, 2.75) is 13.0 Å². The molecular formula is C30H23N3O4S. The number of carbonyl (C=O) groups is 1. The summed E-state index contributed by atoms with van der Waals surface area (Å²) in [6.45, 7) is 1.83. The monoisotopic (exact) mass is 521 g/mol. The van der Waals surface area contributed by atoms with Crippen LogP contribution in [0.5, 0.6) is 5.75 Å². The third kappa shape index (κ3) is 4.80. The van der Waals surface area contributed by atoms with Crippen LogP contribution in [0, 0.1) is 11.3 Å². The lowest BCUT2D eigenvalue weighted by molar-refractivity contribution is -0.138. The number of esters is 1. The Morgan fingerprint density at radius 1 is 1.05 bits per heavy atom. The molecule has 0 N–H and O–H groups in total. The van der Waals surface area contributed by atoms with Crippen molar-refractivity contribution in [1.82, 2.24) is 4.57 Å². The molecule has 5 rings (SSSR count). The van der Waals surface area contributed by atoms with Gasteiger partial charge >= 0.3 is 5.97 Å². The average Bonchev–Trinajstić information content (AvgIpc) is 3.27. The summed E-state index contributed by atoms with van der Waals surface area (Å²) < 4.78 is 13.0. The Hall–Kier alpha value is -4.74. The first-order valence-corrected chi connectivity index (χ1v) is 12.9. The van der Waals surface area contributed by atoms with Crippen molar-refractivity contribution in [3.8, 4) is 11.8 Å². The first-order chi connectivity index (χ1) is 18.6. The van der Waals surface area contributed by atoms with E-state index >= 15 is 0 Å². The number of ether oxygens (including phenoxy) is 2. The van der Waals surface area contributed by atoms with Gasteiger partial charge in [0.15, 0.2) is 11.4 Å². The molecular weight excluding hydrogens is 498 g/mol. The summed E-state index contributed by atoms with van der Waals surface area (Å²) in [5, 5.41) is 8.94. The number of rotatable bonds is 7. The van der Waals surface area contributed by atoms with Gasteiger partial charge in [-0.25, -0.2) is 9.79 Å². The number of nitriles is 1. The maximum absolute atomic E-state index is 13.9. The van der Waals surface area contributed by atoms with Crippen molar-refractivity contribution in [2.24, 2.45) is 4.99 Å². The van der Waals surface area contributed by atoms with Gasteiger partial charge in [0.05, 0.1) is 28.5 Å². The summed E-state index contributed by atoms with van der Waals surface area (Å²) in [6, 6.07) is 27.3. The van der Waals surface area contributed by atoms with E-state index in [2.05, 4.69) is 0 Å². The Morgan fingerprint density at radius 3 is 2.45 bits per heavy atom. The second kappa shape index (κ2) is 11.1. The molecule has 0 bridgehead atoms. The van der Waals surface area contributed by atoms with Crippen LogP contribution in [0.2, 0.25) is 0 Å². The summed E-state index contributed by atoms with van der Waals surface area (Å²) in [6.07, 6.45) is 1.73. The maximum atomic E-state index is 13.9. The minimum Gasteiger partial charge on any atom is -0.478 e. The standard InChI is InChI=1S/C30H23N3O4S/c1-2-36-29(35)25-26(20-11-5-3-6-12-20)32-30-33(27(25)21-13-7-4-8-14-21)28(34)24(38-30)19-22-15-9-10-16-23(22)37-18-17-31/h3-16,19,27H,2,18H2,1H3/b24-19-/t27-/m1/s1. The van der Waals surface area contributed by atoms with Gasteiger partial charge in [-0.1, -0.05) is 90.2 Å². The van der Waals surface area contributed by atoms with Crippen LogP contribution in [-0.2, 0) is 9.53 Å². The van der Waals surface area contributed by atoms with Crippen LogP contribution < -0.4 is 19.6 Å². The first-order valence-electron chi connectivity index (χ1n) is 12.0. The van der Waals surface area contributed by atoms with Crippen LogP contribution in [0.1, 0.15) is 29.7 Å². The average molecular weight is 522 g/mol. The van der Waals surface area contributed by atoms with Gasteiger partial charge in [0.1, 0.15) is 11.8 Å². The fourth-order valence-corrected chi connectivity index (χ4v) is 5.37. The molecule has 1 atom stereocenters. The summed E-state index contributed by atoms with van der Waals surface area (Å²) in [4.78, 5) is 32.6. The van der Waals surface area contributed by atoms with Crippen molar-refractivity contribution in [2.75, 3.05) is 13.2 Å². The Bertz CT molecular complexity index is 1730. The molecule has 0 unspecified atom stereocenters. The second-order valence-electron chi connectivity index (χ2n) is 8.33. The number of nitrogens with zero attached hydrogens (tertiary/aromatic N) is 3. The highest BCUT2D eigenvalue weighted by Crippen LogP contribution is 2.35. The molecule has 0 saturated carbocycles. The Kier molecular flexibility index (Phi) is 7.29. The SMILES string of the molecule is CCOC(=O)C1=C(c2ccccc2)N=c2s/c(=C\c3ccccc3OCC#N)c(=O)n2[C@@H]1c1ccccc1. The zero-order valence-electron chi connectivity index (χ0n) is 20.5. The molecule has 8 heteroatoms. The predicted molar refractivity (Wildman–Crippen MR) is 145 cm³/mol. The zero-order valence-corrected chi connectivity index (χ0v) is 21.4. The number of thiazole rings is 1. The van der Waals surface area contributed by atoms with E-state index < -0.39 is 12.0 Å². The van der Waals surface area contributed by atoms with Crippen LogP contribution >= 0.6 is 11.3 Å². The van der Waals surface area contributed by atoms with E-state index in [4.69, 9.17) is 19.7 Å². The van der Waals surface area contributed by atoms with Crippen LogP contribution in [0.25, 0.3) is 11.8 Å². The molecule has 1 aliphatic heterocycles. The zero-order chi connectivity index (χ0) is 26.5. The molecule has 7 nitrogen and oxygen atoms in total. The van der Waals surface area contributed by atoms with Crippen molar-refractivity contribution < 1.29 is 14.3 Å². The normalized spacial score (nSPS) is 14.8. The van der Waals surface area contributed by atoms with Crippen LogP contribution in [0.3, 0.4) is 0 Å². The number of para-hydroxylation sites is 1. The quantitative estimate of drug-likeness (QED) is 0.345. The molecule has 188 valence electrons. The Labute approximate surface area is 222 Å². The largest absolute Gasteiger partial charge is 0.478 e. The third-order valence-corrected chi connectivity index (χ3v) is 6.97. The number of hydrogen-bond acceptors (Lipinski definition) is 7. The summed E-state index contributed by atoms with van der Waals surface area (Å²) in [5.74, 6) is -0.0230. The second-order valence-corrected chi connectivity index (χ2v) is 9.34. The fourth-order valence-electron chi connectivity index (χ4n) is 4.37. The van der Waals surface area contributed by atoms with E-state index in [0.29, 0.717) is 31.9 Å². The number of fused-ring (bicyclic) bond motifs is 1. The minimum absolute atomic E-state index is 0.108. The van der Waals surface area contributed by atoms with Gasteiger partial charge in [0.2, 0.25) is 0 Å². The van der Waals surface area contributed by atoms with E-state index in [-0.39, 0.29) is 18.8 Å². The van der Waals surface area contributed by atoms with Gasteiger partial charge in [-0.05, 0) is 24.6 Å². The maximum Gasteiger partial charge on any atom is 0.338 e. The van der Waals surface area contributed by atoms with Gasteiger partial charge in [0.25, 0.3) is 5.56 Å². The number of benzene rings is 3. The Balaban J connectivity index is 1.79. The number of aromatic nitrogens is 1. The molecule has 0 spiro atoms. The van der Waals surface area contributed by atoms with E-state index in [1.807, 2.05) is 78.9 Å². The van der Waals surface area contributed by atoms with E-state index in [1.165, 1.54) is 11.3 Å². The molecule has 0 fully saturated rings. The third-order valence-electron chi connectivity index (χ3n) is 5.99. The van der Waals surface area contributed by atoms with E-state index in [0.717, 1.165) is 11.1 Å². The smallest absolute Gasteiger partial charge is 0.338 e. The van der Waals surface area contributed by atoms with Crippen LogP contribution in [-0.4, -0.2) is 23.8 Å². The fraction of sp³-hybridized carbons (Fsp3) is 0.133. The molecule has 1 aliphatic rings. The molecule has 1 aromatic heterocycles. The number of hydrogen-bond donors (Lipinski definition) is 0. The molecule has 2 heterocycles. The lowest BCUT2D eigenvalue weighted by Gasteiger charge is -2.25. The highest BCUT2D eigenvalue weighted by Gasteiger charge is 2.35. The van der Waals surface area contributed by atoms with E-state index in [1.54, 1.807) is 29.7 Å². The van der Waals surface area contributed by atoms with Crippen molar-refractivity contribution in [1.29, 1.82) is 5.26 Å². The molecule has 0 aliphatic carbocycles. The summed E-state index contributed by atoms with van der Waals surface area (Å²) in [7, 11) is 0. The number of carbonyl (C=O) groups excluding carboxylic acids is 1. The highest BCUT2D eigenvalue weighted by molar-refractivity contribution is 7.07. The van der Waals surface area contributed by atoms with Crippen molar-refractivity contribution in [3.63, 3.8) is 0 Å². The lowest BCUT2D eigenvalue weighted by Crippen LogP contribution is -2.40. The van der Waals surface area contributed by atoms with Crippen molar-refractivity contribution in [3.05, 3.63) is 127 Å². The first kappa shape index (κ1) is 24.9. The predicted octanol–water partition coefficient (Wildman–Crippen LogP) is 3.84. The summed E-state index contributed by atoms with van der Waals surface area (Å²) >= 11 is 1.23. The molecule has 0 amide bonds. The van der Waals surface area contributed by atoms with Crippen LogP contribution in [0.15, 0.2) is 100 Å². The van der Waals surface area contributed by atoms with Gasteiger partial charge in [-0.15, -0.1) is 0 Å². The Morgan fingerprint density at radius 2 is 1.74 bits per heavy atom. The van der Waals surface area contributed by atoms with Gasteiger partial charge < -0.3 is 9.47 Å². The molecule has 0 radical (unpaired) electrons. The minimum atomic E-state index is -0.728. The molecule has 4 aromatic rings. The highest BCUT2D eigenvalue weighted by atomic mass is 32.1. The van der Waals surface area contributed by atoms with Gasteiger partial charge in [-0.3, -0.25) is 9.36 Å². The van der Waals surface area contributed by atoms with Crippen molar-refractivity contribution >= 4 is 29.1 Å². The molecule has 3 aromatic carbocycles.